The molecule has 0 fully saturated rings. The summed E-state index contributed by atoms with van der Waals surface area (Å²) in [4.78, 5) is 14.0. The molecule has 6 nitrogen and oxygen atoms in total. The van der Waals surface area contributed by atoms with Crippen LogP contribution < -0.4 is 10.9 Å². The molecule has 1 heterocycles. The molecule has 0 spiro atoms. The molecule has 7 heteroatoms. The topological polar surface area (TPSA) is 117 Å². The maximum Gasteiger partial charge on any atom is 0.248 e. The molecule has 0 saturated heterocycles. The fraction of sp³-hybridized carbons (Fsp3) is 0.438. The summed E-state index contributed by atoms with van der Waals surface area (Å²) in [6, 6.07) is 6.39. The van der Waals surface area contributed by atoms with Crippen molar-refractivity contribution in [3.8, 4) is 5.75 Å². The molecule has 0 bridgehead atoms. The molecule has 0 unspecified atom stereocenters. The standard InChI is InChI=1S/C16H22N2O3.ClH.H2O/c1-4-12(17-9(2)3)16(21)11-5-7-13(19)15-10(11)6-8-14(20)18-15;;/h5-9,12,16-17,19,21H,4H2,1-3H3,(H,18,20);1H;1H2/t12-,16+;;/m1../s1. The number of phenols is 1. The van der Waals surface area contributed by atoms with Gasteiger partial charge in [0.1, 0.15) is 5.75 Å². The number of aromatic hydroxyl groups is 1. The van der Waals surface area contributed by atoms with Crippen molar-refractivity contribution in [1.82, 2.24) is 10.3 Å². The molecule has 0 aliphatic rings. The van der Waals surface area contributed by atoms with Crippen LogP contribution in [-0.2, 0) is 0 Å². The summed E-state index contributed by atoms with van der Waals surface area (Å²) < 4.78 is 0. The first-order valence-corrected chi connectivity index (χ1v) is 7.23. The van der Waals surface area contributed by atoms with E-state index in [4.69, 9.17) is 0 Å². The van der Waals surface area contributed by atoms with Gasteiger partial charge in [0, 0.05) is 23.5 Å². The van der Waals surface area contributed by atoms with Gasteiger partial charge in [0.2, 0.25) is 5.56 Å². The number of aliphatic hydroxyl groups is 1. The first-order chi connectivity index (χ1) is 9.93. The van der Waals surface area contributed by atoms with Crippen LogP contribution in [0.5, 0.6) is 5.75 Å². The Bertz CT molecular complexity index is 687. The number of benzene rings is 1. The molecule has 23 heavy (non-hydrogen) atoms. The highest BCUT2D eigenvalue weighted by Gasteiger charge is 2.22. The third kappa shape index (κ3) is 4.68. The van der Waals surface area contributed by atoms with Gasteiger partial charge >= 0.3 is 0 Å². The van der Waals surface area contributed by atoms with Crippen LogP contribution in [0.3, 0.4) is 0 Å². The van der Waals surface area contributed by atoms with Gasteiger partial charge in [-0.3, -0.25) is 4.79 Å². The van der Waals surface area contributed by atoms with Crippen molar-refractivity contribution in [1.29, 1.82) is 0 Å². The zero-order valence-corrected chi connectivity index (χ0v) is 14.3. The average molecular weight is 345 g/mol. The minimum atomic E-state index is -0.716. The van der Waals surface area contributed by atoms with Crippen LogP contribution in [0.25, 0.3) is 10.9 Å². The van der Waals surface area contributed by atoms with Crippen molar-refractivity contribution in [2.45, 2.75) is 45.4 Å². The van der Waals surface area contributed by atoms with E-state index >= 15 is 0 Å². The lowest BCUT2D eigenvalue weighted by Gasteiger charge is -2.26. The zero-order valence-electron chi connectivity index (χ0n) is 13.5. The van der Waals surface area contributed by atoms with E-state index in [-0.39, 0.29) is 41.3 Å². The molecule has 0 amide bonds. The number of phenolic OH excluding ortho intramolecular Hbond substituents is 1. The third-order valence-corrected chi connectivity index (χ3v) is 3.59. The van der Waals surface area contributed by atoms with Crippen LogP contribution in [-0.4, -0.2) is 32.8 Å². The van der Waals surface area contributed by atoms with Crippen molar-refractivity contribution in [3.63, 3.8) is 0 Å². The Morgan fingerprint density at radius 2 is 1.87 bits per heavy atom. The minimum Gasteiger partial charge on any atom is -0.506 e. The first-order valence-electron chi connectivity index (χ1n) is 7.23. The molecule has 1 aromatic carbocycles. The number of fused-ring (bicyclic) bond motifs is 1. The molecular formula is C16H25ClN2O4. The van der Waals surface area contributed by atoms with E-state index in [0.717, 1.165) is 6.42 Å². The molecule has 2 aromatic rings. The second-order valence-corrected chi connectivity index (χ2v) is 5.57. The number of pyridine rings is 1. The van der Waals surface area contributed by atoms with Crippen molar-refractivity contribution in [2.24, 2.45) is 0 Å². The number of H-pyrrole nitrogens is 1. The number of aliphatic hydroxyl groups excluding tert-OH is 1. The van der Waals surface area contributed by atoms with E-state index in [1.54, 1.807) is 12.1 Å². The quantitative estimate of drug-likeness (QED) is 0.659. The second kappa shape index (κ2) is 8.88. The summed E-state index contributed by atoms with van der Waals surface area (Å²) in [6.45, 7) is 6.07. The average Bonchev–Trinajstić information content (AvgIpc) is 2.45. The van der Waals surface area contributed by atoms with E-state index in [1.165, 1.54) is 12.1 Å². The molecule has 0 aliphatic heterocycles. The number of rotatable bonds is 5. The summed E-state index contributed by atoms with van der Waals surface area (Å²) in [6.07, 6.45) is 0.0526. The van der Waals surface area contributed by atoms with Gasteiger partial charge in [0.25, 0.3) is 0 Å². The summed E-state index contributed by atoms with van der Waals surface area (Å²) >= 11 is 0. The maximum atomic E-state index is 11.4. The van der Waals surface area contributed by atoms with Crippen LogP contribution in [0.4, 0.5) is 0 Å². The maximum absolute atomic E-state index is 11.4. The van der Waals surface area contributed by atoms with Crippen LogP contribution in [0.15, 0.2) is 29.1 Å². The van der Waals surface area contributed by atoms with Gasteiger partial charge < -0.3 is 26.0 Å². The lowest BCUT2D eigenvalue weighted by Crippen LogP contribution is -2.39. The predicted molar refractivity (Wildman–Crippen MR) is 94.4 cm³/mol. The lowest BCUT2D eigenvalue weighted by atomic mass is 9.95. The minimum absolute atomic E-state index is 0. The Morgan fingerprint density at radius 1 is 1.22 bits per heavy atom. The summed E-state index contributed by atoms with van der Waals surface area (Å²) in [5, 5.41) is 24.5. The highest BCUT2D eigenvalue weighted by atomic mass is 35.5. The Balaban J connectivity index is 0.00000242. The molecule has 2 atom stereocenters. The fourth-order valence-electron chi connectivity index (χ4n) is 2.59. The summed E-state index contributed by atoms with van der Waals surface area (Å²) in [5.41, 5.74) is 0.772. The van der Waals surface area contributed by atoms with E-state index in [1.807, 2.05) is 20.8 Å². The Hall–Kier alpha value is -1.60. The van der Waals surface area contributed by atoms with E-state index in [2.05, 4.69) is 10.3 Å². The van der Waals surface area contributed by atoms with E-state index in [0.29, 0.717) is 16.5 Å². The summed E-state index contributed by atoms with van der Waals surface area (Å²) in [7, 11) is 0. The molecule has 0 radical (unpaired) electrons. The monoisotopic (exact) mass is 344 g/mol. The highest BCUT2D eigenvalue weighted by Crippen LogP contribution is 2.30. The van der Waals surface area contributed by atoms with Gasteiger partial charge in [-0.15, -0.1) is 12.4 Å². The second-order valence-electron chi connectivity index (χ2n) is 5.57. The Morgan fingerprint density at radius 3 is 2.43 bits per heavy atom. The highest BCUT2D eigenvalue weighted by molar-refractivity contribution is 5.87. The predicted octanol–water partition coefficient (Wildman–Crippen LogP) is 1.64. The molecule has 2 rings (SSSR count). The number of nitrogens with one attached hydrogen (secondary N) is 2. The summed E-state index contributed by atoms with van der Waals surface area (Å²) in [5.74, 6) is 0.00326. The molecule has 0 saturated carbocycles. The Labute approximate surface area is 141 Å². The molecule has 6 N–H and O–H groups in total. The van der Waals surface area contributed by atoms with E-state index < -0.39 is 6.10 Å². The van der Waals surface area contributed by atoms with Gasteiger partial charge in [-0.2, -0.15) is 0 Å². The smallest absolute Gasteiger partial charge is 0.248 e. The van der Waals surface area contributed by atoms with Gasteiger partial charge in [0.15, 0.2) is 0 Å². The third-order valence-electron chi connectivity index (χ3n) is 3.59. The number of aromatic amines is 1. The lowest BCUT2D eigenvalue weighted by molar-refractivity contribution is 0.123. The van der Waals surface area contributed by atoms with Gasteiger partial charge in [0.05, 0.1) is 11.6 Å². The van der Waals surface area contributed by atoms with Crippen LogP contribution in [0.1, 0.15) is 38.9 Å². The first kappa shape index (κ1) is 21.4. The van der Waals surface area contributed by atoms with Crippen molar-refractivity contribution in [2.75, 3.05) is 0 Å². The zero-order chi connectivity index (χ0) is 15.6. The fourth-order valence-corrected chi connectivity index (χ4v) is 2.59. The van der Waals surface area contributed by atoms with Crippen LogP contribution in [0, 0.1) is 0 Å². The number of hydrogen-bond acceptors (Lipinski definition) is 4. The van der Waals surface area contributed by atoms with Crippen LogP contribution >= 0.6 is 12.4 Å². The molecule has 1 aromatic heterocycles. The van der Waals surface area contributed by atoms with Crippen LogP contribution in [0.2, 0.25) is 0 Å². The number of halogens is 1. The molecule has 130 valence electrons. The van der Waals surface area contributed by atoms with Gasteiger partial charge in [-0.1, -0.05) is 26.8 Å². The normalized spacial score (nSPS) is 13.3. The molecular weight excluding hydrogens is 320 g/mol. The Kier molecular flexibility index (Phi) is 8.26. The van der Waals surface area contributed by atoms with E-state index in [9.17, 15) is 15.0 Å². The molecule has 0 aliphatic carbocycles. The number of hydrogen-bond donors (Lipinski definition) is 4. The van der Waals surface area contributed by atoms with Crippen molar-refractivity contribution < 1.29 is 15.7 Å². The van der Waals surface area contributed by atoms with Crippen molar-refractivity contribution >= 4 is 23.3 Å². The SMILES string of the molecule is CC[C@@H](NC(C)C)[C@@H](O)c1ccc(O)c2[nH]c(=O)ccc12.Cl.O. The largest absolute Gasteiger partial charge is 0.506 e. The number of aromatic nitrogens is 1. The van der Waals surface area contributed by atoms with Gasteiger partial charge in [-0.25, -0.2) is 0 Å². The van der Waals surface area contributed by atoms with Crippen molar-refractivity contribution in [3.05, 3.63) is 40.2 Å². The van der Waals surface area contributed by atoms with Gasteiger partial charge in [-0.05, 0) is 24.1 Å².